The molecule has 0 bridgehead atoms. The highest BCUT2D eigenvalue weighted by Crippen LogP contribution is 2.16. The average Bonchev–Trinajstić information content (AvgIpc) is 2.55. The van der Waals surface area contributed by atoms with Gasteiger partial charge in [-0.25, -0.2) is 0 Å². The zero-order valence-electron chi connectivity index (χ0n) is 14.3. The van der Waals surface area contributed by atoms with E-state index in [0.717, 1.165) is 25.9 Å². The van der Waals surface area contributed by atoms with Gasteiger partial charge in [-0.3, -0.25) is 14.4 Å². The maximum atomic E-state index is 12.3. The van der Waals surface area contributed by atoms with Gasteiger partial charge in [-0.15, -0.1) is 0 Å². The number of piperidine rings is 1. The van der Waals surface area contributed by atoms with Gasteiger partial charge in [0.25, 0.3) is 0 Å². The highest BCUT2D eigenvalue weighted by atomic mass is 16.2. The number of carbonyl (C=O) groups excluding carboxylic acids is 3. The fraction of sp³-hybridized carbons (Fsp3) is 0.471. The first-order valence-electron chi connectivity index (χ1n) is 8.01. The molecule has 0 radical (unpaired) electrons. The SMILES string of the molecule is CC(=O)Nc1ccc(NC(=O)C(=O)N(C)C2CCN(C)CC2)cc1. The number of hydrogen-bond donors (Lipinski definition) is 2. The van der Waals surface area contributed by atoms with E-state index in [9.17, 15) is 14.4 Å². The summed E-state index contributed by atoms with van der Waals surface area (Å²) in [5, 5.41) is 5.24. The van der Waals surface area contributed by atoms with Crippen LogP contribution in [0.5, 0.6) is 0 Å². The molecule has 0 atom stereocenters. The first-order valence-corrected chi connectivity index (χ1v) is 8.01. The third-order valence-corrected chi connectivity index (χ3v) is 4.21. The Hall–Kier alpha value is -2.41. The van der Waals surface area contributed by atoms with Crippen molar-refractivity contribution in [2.45, 2.75) is 25.8 Å². The summed E-state index contributed by atoms with van der Waals surface area (Å²) < 4.78 is 0. The molecule has 0 spiro atoms. The number of anilines is 2. The van der Waals surface area contributed by atoms with Crippen LogP contribution in [-0.2, 0) is 14.4 Å². The molecule has 3 amide bonds. The third-order valence-electron chi connectivity index (χ3n) is 4.21. The van der Waals surface area contributed by atoms with E-state index >= 15 is 0 Å². The van der Waals surface area contributed by atoms with Gasteiger partial charge >= 0.3 is 11.8 Å². The number of rotatable bonds is 3. The Bertz CT molecular complexity index is 607. The number of amides is 3. The summed E-state index contributed by atoms with van der Waals surface area (Å²) in [6, 6.07) is 6.73. The first kappa shape index (κ1) is 17.9. The van der Waals surface area contributed by atoms with Crippen molar-refractivity contribution in [1.82, 2.24) is 9.80 Å². The van der Waals surface area contributed by atoms with Crippen molar-refractivity contribution in [3.05, 3.63) is 24.3 Å². The molecule has 130 valence electrons. The lowest BCUT2D eigenvalue weighted by Crippen LogP contribution is -2.47. The zero-order valence-corrected chi connectivity index (χ0v) is 14.3. The predicted octanol–water partition coefficient (Wildman–Crippen LogP) is 1.14. The van der Waals surface area contributed by atoms with Crippen LogP contribution in [0.3, 0.4) is 0 Å². The molecule has 1 aromatic rings. The van der Waals surface area contributed by atoms with E-state index in [1.807, 2.05) is 0 Å². The van der Waals surface area contributed by atoms with Gasteiger partial charge in [-0.05, 0) is 57.2 Å². The number of likely N-dealkylation sites (N-methyl/N-ethyl adjacent to an activating group) is 1. The largest absolute Gasteiger partial charge is 0.334 e. The second kappa shape index (κ2) is 7.92. The van der Waals surface area contributed by atoms with Crippen LogP contribution in [0.25, 0.3) is 0 Å². The van der Waals surface area contributed by atoms with Gasteiger partial charge in [0.2, 0.25) is 5.91 Å². The summed E-state index contributed by atoms with van der Waals surface area (Å²) in [5.74, 6) is -1.35. The molecule has 1 heterocycles. The van der Waals surface area contributed by atoms with Crippen molar-refractivity contribution in [2.24, 2.45) is 0 Å². The van der Waals surface area contributed by atoms with Gasteiger partial charge in [0.1, 0.15) is 0 Å². The summed E-state index contributed by atoms with van der Waals surface area (Å²) in [6.45, 7) is 3.27. The Kier molecular flexibility index (Phi) is 5.92. The number of nitrogens with zero attached hydrogens (tertiary/aromatic N) is 2. The number of nitrogens with one attached hydrogen (secondary N) is 2. The summed E-state index contributed by atoms with van der Waals surface area (Å²) in [6.07, 6.45) is 1.74. The normalized spacial score (nSPS) is 15.6. The lowest BCUT2D eigenvalue weighted by atomic mass is 10.0. The smallest absolute Gasteiger partial charge is 0.313 e. The van der Waals surface area contributed by atoms with Gasteiger partial charge in [0, 0.05) is 31.4 Å². The molecule has 0 aliphatic carbocycles. The molecular formula is C17H24N4O3. The Balaban J connectivity index is 1.91. The molecule has 0 unspecified atom stereocenters. The lowest BCUT2D eigenvalue weighted by Gasteiger charge is -2.34. The molecule has 24 heavy (non-hydrogen) atoms. The summed E-state index contributed by atoms with van der Waals surface area (Å²) in [4.78, 5) is 39.2. The highest BCUT2D eigenvalue weighted by molar-refractivity contribution is 6.39. The van der Waals surface area contributed by atoms with Crippen LogP contribution in [0.2, 0.25) is 0 Å². The molecule has 7 nitrogen and oxygen atoms in total. The van der Waals surface area contributed by atoms with Crippen LogP contribution in [0, 0.1) is 0 Å². The summed E-state index contributed by atoms with van der Waals surface area (Å²) >= 11 is 0. The van der Waals surface area contributed by atoms with Crippen LogP contribution < -0.4 is 10.6 Å². The fourth-order valence-corrected chi connectivity index (χ4v) is 2.73. The first-order chi connectivity index (χ1) is 11.4. The van der Waals surface area contributed by atoms with Crippen molar-refractivity contribution < 1.29 is 14.4 Å². The minimum Gasteiger partial charge on any atom is -0.334 e. The van der Waals surface area contributed by atoms with E-state index < -0.39 is 11.8 Å². The number of benzene rings is 1. The van der Waals surface area contributed by atoms with Gasteiger partial charge in [-0.2, -0.15) is 0 Å². The lowest BCUT2D eigenvalue weighted by molar-refractivity contribution is -0.144. The molecule has 1 aliphatic heterocycles. The molecule has 7 heteroatoms. The molecule has 1 saturated heterocycles. The minimum atomic E-state index is -0.649. The Morgan fingerprint density at radius 1 is 1.04 bits per heavy atom. The van der Waals surface area contributed by atoms with E-state index in [4.69, 9.17) is 0 Å². The highest BCUT2D eigenvalue weighted by Gasteiger charge is 2.27. The van der Waals surface area contributed by atoms with Crippen molar-refractivity contribution in [1.29, 1.82) is 0 Å². The van der Waals surface area contributed by atoms with E-state index in [1.54, 1.807) is 31.3 Å². The fourth-order valence-electron chi connectivity index (χ4n) is 2.73. The van der Waals surface area contributed by atoms with E-state index in [0.29, 0.717) is 11.4 Å². The van der Waals surface area contributed by atoms with Crippen molar-refractivity contribution in [3.63, 3.8) is 0 Å². The topological polar surface area (TPSA) is 81.8 Å². The van der Waals surface area contributed by atoms with Crippen molar-refractivity contribution in [2.75, 3.05) is 37.8 Å². The molecule has 1 aliphatic rings. The Morgan fingerprint density at radius 2 is 1.54 bits per heavy atom. The van der Waals surface area contributed by atoms with Crippen LogP contribution >= 0.6 is 0 Å². The molecule has 2 rings (SSSR count). The van der Waals surface area contributed by atoms with Gasteiger partial charge < -0.3 is 20.4 Å². The maximum absolute atomic E-state index is 12.3. The number of carbonyl (C=O) groups is 3. The van der Waals surface area contributed by atoms with E-state index in [2.05, 4.69) is 22.6 Å². The maximum Gasteiger partial charge on any atom is 0.313 e. The summed E-state index contributed by atoms with van der Waals surface area (Å²) in [5.41, 5.74) is 1.15. The number of likely N-dealkylation sites (tertiary alicyclic amines) is 1. The molecule has 0 saturated carbocycles. The third kappa shape index (κ3) is 4.79. The monoisotopic (exact) mass is 332 g/mol. The quantitative estimate of drug-likeness (QED) is 0.813. The summed E-state index contributed by atoms with van der Waals surface area (Å²) in [7, 11) is 3.73. The Labute approximate surface area is 142 Å². The van der Waals surface area contributed by atoms with E-state index in [-0.39, 0.29) is 11.9 Å². The zero-order chi connectivity index (χ0) is 17.7. The Morgan fingerprint density at radius 3 is 2.04 bits per heavy atom. The average molecular weight is 332 g/mol. The van der Waals surface area contributed by atoms with E-state index in [1.165, 1.54) is 11.8 Å². The van der Waals surface area contributed by atoms with Gasteiger partial charge in [0.05, 0.1) is 0 Å². The van der Waals surface area contributed by atoms with Crippen molar-refractivity contribution in [3.8, 4) is 0 Å². The van der Waals surface area contributed by atoms with Crippen LogP contribution in [0.15, 0.2) is 24.3 Å². The predicted molar refractivity (Wildman–Crippen MR) is 92.7 cm³/mol. The molecule has 2 N–H and O–H groups in total. The number of hydrogen-bond acceptors (Lipinski definition) is 4. The molecule has 0 aromatic heterocycles. The van der Waals surface area contributed by atoms with Gasteiger partial charge in [-0.1, -0.05) is 0 Å². The van der Waals surface area contributed by atoms with Crippen LogP contribution in [-0.4, -0.2) is 60.7 Å². The standard InChI is InChI=1S/C17H24N4O3/c1-12(22)18-13-4-6-14(7-5-13)19-16(23)17(24)21(3)15-8-10-20(2)11-9-15/h4-7,15H,8-11H2,1-3H3,(H,18,22)(H,19,23). The second-order valence-electron chi connectivity index (χ2n) is 6.16. The van der Waals surface area contributed by atoms with Gasteiger partial charge in [0.15, 0.2) is 0 Å². The van der Waals surface area contributed by atoms with Crippen molar-refractivity contribution >= 4 is 29.1 Å². The van der Waals surface area contributed by atoms with Crippen LogP contribution in [0.1, 0.15) is 19.8 Å². The molecular weight excluding hydrogens is 308 g/mol. The van der Waals surface area contributed by atoms with Crippen LogP contribution in [0.4, 0.5) is 11.4 Å². The minimum absolute atomic E-state index is 0.0987. The molecule has 1 aromatic carbocycles. The second-order valence-corrected chi connectivity index (χ2v) is 6.16. The molecule has 1 fully saturated rings.